The van der Waals surface area contributed by atoms with Crippen LogP contribution in [0.15, 0.2) is 22.7 Å². The first-order valence-corrected chi connectivity index (χ1v) is 7.56. The first kappa shape index (κ1) is 16.2. The zero-order chi connectivity index (χ0) is 15.8. The maximum atomic E-state index is 14.0. The van der Waals surface area contributed by atoms with Crippen LogP contribution in [0.1, 0.15) is 32.8 Å². The van der Waals surface area contributed by atoms with Crippen LogP contribution in [0.25, 0.3) is 0 Å². The van der Waals surface area contributed by atoms with Crippen LogP contribution >= 0.6 is 15.9 Å². The van der Waals surface area contributed by atoms with Crippen LogP contribution in [0.2, 0.25) is 0 Å². The zero-order valence-electron chi connectivity index (χ0n) is 12.3. The van der Waals surface area contributed by atoms with Crippen molar-refractivity contribution < 1.29 is 19.0 Å². The van der Waals surface area contributed by atoms with Gasteiger partial charge in [0.25, 0.3) is 0 Å². The van der Waals surface area contributed by atoms with Gasteiger partial charge in [-0.2, -0.15) is 0 Å². The van der Waals surface area contributed by atoms with E-state index in [-0.39, 0.29) is 18.5 Å². The van der Waals surface area contributed by atoms with Gasteiger partial charge >= 0.3 is 6.09 Å². The van der Waals surface area contributed by atoms with Gasteiger partial charge in [0, 0.05) is 16.6 Å². The number of nitrogens with zero attached hydrogens (tertiary/aromatic N) is 1. The maximum absolute atomic E-state index is 14.0. The number of β-amino-alcohol motifs (C(OH)–C–C–N with tert-alkyl or cyclic N) is 1. The summed E-state index contributed by atoms with van der Waals surface area (Å²) in [5.74, 6) is -0.480. The summed E-state index contributed by atoms with van der Waals surface area (Å²) in [7, 11) is 0. The van der Waals surface area contributed by atoms with E-state index in [9.17, 15) is 14.3 Å². The fourth-order valence-corrected chi connectivity index (χ4v) is 2.71. The molecule has 1 amide bonds. The SMILES string of the molecule is CC(C)(C)OC(=O)N1CCC(O)(c2cc(Br)ccc2F)C1. The monoisotopic (exact) mass is 359 g/mol. The van der Waals surface area contributed by atoms with Gasteiger partial charge in [-0.1, -0.05) is 15.9 Å². The second-order valence-electron chi connectivity index (χ2n) is 6.31. The third-order valence-corrected chi connectivity index (χ3v) is 3.82. The molecule has 1 aromatic rings. The van der Waals surface area contributed by atoms with Crippen LogP contribution in [-0.4, -0.2) is 34.8 Å². The predicted molar refractivity (Wildman–Crippen MR) is 80.4 cm³/mol. The second-order valence-corrected chi connectivity index (χ2v) is 7.22. The molecule has 1 aliphatic rings. The second kappa shape index (κ2) is 5.57. The molecule has 1 N–H and O–H groups in total. The lowest BCUT2D eigenvalue weighted by atomic mass is 9.92. The molecule has 1 fully saturated rings. The molecular weight excluding hydrogens is 341 g/mol. The highest BCUT2D eigenvalue weighted by atomic mass is 79.9. The standard InChI is InChI=1S/C15H19BrFNO3/c1-14(2,3)21-13(19)18-7-6-15(20,9-18)11-8-10(16)4-5-12(11)17/h4-5,8,20H,6-7,9H2,1-3H3. The van der Waals surface area contributed by atoms with Crippen molar-refractivity contribution in [2.24, 2.45) is 0 Å². The molecular formula is C15H19BrFNO3. The molecule has 0 bridgehead atoms. The van der Waals surface area contributed by atoms with Crippen LogP contribution in [0.3, 0.4) is 0 Å². The maximum Gasteiger partial charge on any atom is 0.410 e. The fraction of sp³-hybridized carbons (Fsp3) is 0.533. The molecule has 21 heavy (non-hydrogen) atoms. The van der Waals surface area contributed by atoms with E-state index in [0.717, 1.165) is 0 Å². The van der Waals surface area contributed by atoms with Gasteiger partial charge in [-0.3, -0.25) is 0 Å². The molecule has 2 rings (SSSR count). The number of amides is 1. The molecule has 1 atom stereocenters. The quantitative estimate of drug-likeness (QED) is 0.835. The van der Waals surface area contributed by atoms with Crippen molar-refractivity contribution in [3.05, 3.63) is 34.1 Å². The number of rotatable bonds is 1. The van der Waals surface area contributed by atoms with Gasteiger partial charge in [0.2, 0.25) is 0 Å². The largest absolute Gasteiger partial charge is 0.444 e. The number of carbonyl (C=O) groups is 1. The first-order chi connectivity index (χ1) is 9.61. The van der Waals surface area contributed by atoms with Gasteiger partial charge < -0.3 is 14.7 Å². The van der Waals surface area contributed by atoms with Crippen LogP contribution in [-0.2, 0) is 10.3 Å². The van der Waals surface area contributed by atoms with Crippen molar-refractivity contribution in [2.45, 2.75) is 38.4 Å². The summed E-state index contributed by atoms with van der Waals surface area (Å²) in [4.78, 5) is 13.4. The van der Waals surface area contributed by atoms with E-state index in [1.165, 1.54) is 11.0 Å². The Labute approximate surface area is 132 Å². The molecule has 1 aliphatic heterocycles. The third kappa shape index (κ3) is 3.74. The van der Waals surface area contributed by atoms with Crippen molar-refractivity contribution in [2.75, 3.05) is 13.1 Å². The first-order valence-electron chi connectivity index (χ1n) is 6.77. The van der Waals surface area contributed by atoms with Gasteiger partial charge in [0.15, 0.2) is 0 Å². The summed E-state index contributed by atoms with van der Waals surface area (Å²) in [5.41, 5.74) is -1.79. The summed E-state index contributed by atoms with van der Waals surface area (Å²) >= 11 is 3.27. The van der Waals surface area contributed by atoms with E-state index in [1.807, 2.05) is 0 Å². The van der Waals surface area contributed by atoms with Crippen LogP contribution in [0.4, 0.5) is 9.18 Å². The molecule has 4 nitrogen and oxygen atoms in total. The van der Waals surface area contributed by atoms with Crippen molar-refractivity contribution >= 4 is 22.0 Å². The topological polar surface area (TPSA) is 49.8 Å². The van der Waals surface area contributed by atoms with Gasteiger partial charge in [0.1, 0.15) is 17.0 Å². The van der Waals surface area contributed by atoms with Gasteiger partial charge in [-0.25, -0.2) is 9.18 Å². The average Bonchev–Trinajstić information content (AvgIpc) is 2.74. The number of hydrogen-bond acceptors (Lipinski definition) is 3. The van der Waals surface area contributed by atoms with Crippen molar-refractivity contribution in [3.8, 4) is 0 Å². The van der Waals surface area contributed by atoms with Crippen LogP contribution in [0.5, 0.6) is 0 Å². The smallest absolute Gasteiger partial charge is 0.410 e. The lowest BCUT2D eigenvalue weighted by Gasteiger charge is -2.27. The Morgan fingerprint density at radius 3 is 2.76 bits per heavy atom. The average molecular weight is 360 g/mol. The van der Waals surface area contributed by atoms with Gasteiger partial charge in [0.05, 0.1) is 6.54 Å². The normalized spacial score (nSPS) is 22.5. The van der Waals surface area contributed by atoms with E-state index in [0.29, 0.717) is 11.0 Å². The van der Waals surface area contributed by atoms with Crippen LogP contribution < -0.4 is 0 Å². The van der Waals surface area contributed by atoms with E-state index >= 15 is 0 Å². The molecule has 116 valence electrons. The number of hydrogen-bond donors (Lipinski definition) is 1. The summed E-state index contributed by atoms with van der Waals surface area (Å²) < 4.78 is 19.9. The molecule has 0 radical (unpaired) electrons. The Kier molecular flexibility index (Phi) is 4.31. The summed E-state index contributed by atoms with van der Waals surface area (Å²) in [6, 6.07) is 4.42. The van der Waals surface area contributed by atoms with Crippen LogP contribution in [0, 0.1) is 5.82 Å². The Morgan fingerprint density at radius 1 is 1.48 bits per heavy atom. The predicted octanol–water partition coefficient (Wildman–Crippen LogP) is 3.42. The van der Waals surface area contributed by atoms with Gasteiger partial charge in [-0.15, -0.1) is 0 Å². The Balaban J connectivity index is 2.17. The molecule has 0 saturated carbocycles. The minimum absolute atomic E-state index is 0.0231. The number of carbonyl (C=O) groups excluding carboxylic acids is 1. The fourth-order valence-electron chi connectivity index (χ4n) is 2.35. The molecule has 1 heterocycles. The highest BCUT2D eigenvalue weighted by Gasteiger charge is 2.42. The van der Waals surface area contributed by atoms with Gasteiger partial charge in [-0.05, 0) is 45.4 Å². The molecule has 0 spiro atoms. The Hall–Kier alpha value is -1.14. The van der Waals surface area contributed by atoms with E-state index in [1.54, 1.807) is 32.9 Å². The minimum atomic E-state index is -1.38. The lowest BCUT2D eigenvalue weighted by molar-refractivity contribution is 0.0129. The van der Waals surface area contributed by atoms with E-state index < -0.39 is 23.1 Å². The van der Waals surface area contributed by atoms with E-state index in [4.69, 9.17) is 4.74 Å². The zero-order valence-corrected chi connectivity index (χ0v) is 13.9. The number of likely N-dealkylation sites (tertiary alicyclic amines) is 1. The number of ether oxygens (including phenoxy) is 1. The summed E-state index contributed by atoms with van der Waals surface area (Å²) in [6.07, 6.45) is -0.214. The third-order valence-electron chi connectivity index (χ3n) is 3.33. The highest BCUT2D eigenvalue weighted by molar-refractivity contribution is 9.10. The van der Waals surface area contributed by atoms with E-state index in [2.05, 4.69) is 15.9 Å². The Morgan fingerprint density at radius 2 is 2.14 bits per heavy atom. The highest BCUT2D eigenvalue weighted by Crippen LogP contribution is 2.35. The molecule has 0 aliphatic carbocycles. The summed E-state index contributed by atoms with van der Waals surface area (Å²) in [6.45, 7) is 5.69. The molecule has 1 aromatic carbocycles. The minimum Gasteiger partial charge on any atom is -0.444 e. The van der Waals surface area contributed by atoms with Crippen molar-refractivity contribution in [1.82, 2.24) is 4.90 Å². The number of halogens is 2. The molecule has 0 aromatic heterocycles. The number of aliphatic hydroxyl groups is 1. The number of benzene rings is 1. The summed E-state index contributed by atoms with van der Waals surface area (Å²) in [5, 5.41) is 10.7. The lowest BCUT2D eigenvalue weighted by Crippen LogP contribution is -2.38. The molecule has 1 saturated heterocycles. The Bertz CT molecular complexity index is 558. The molecule has 1 unspecified atom stereocenters. The van der Waals surface area contributed by atoms with Crippen molar-refractivity contribution in [1.29, 1.82) is 0 Å². The molecule has 6 heteroatoms. The van der Waals surface area contributed by atoms with Crippen molar-refractivity contribution in [3.63, 3.8) is 0 Å².